The molecule has 152 valence electrons. The second-order valence-corrected chi connectivity index (χ2v) is 6.97. The molecular formula is C20H25ClN2O5. The van der Waals surface area contributed by atoms with Gasteiger partial charge in [0, 0.05) is 5.56 Å². The van der Waals surface area contributed by atoms with E-state index in [1.807, 2.05) is 0 Å². The highest BCUT2D eigenvalue weighted by Crippen LogP contribution is 2.36. The van der Waals surface area contributed by atoms with Gasteiger partial charge in [-0.25, -0.2) is 0 Å². The molecular weight excluding hydrogens is 384 g/mol. The maximum atomic E-state index is 12.4. The minimum atomic E-state index is -0.443. The molecule has 0 aliphatic rings. The van der Waals surface area contributed by atoms with Crippen LogP contribution >= 0.6 is 11.6 Å². The zero-order valence-electron chi connectivity index (χ0n) is 16.2. The van der Waals surface area contributed by atoms with Crippen molar-refractivity contribution in [2.45, 2.75) is 26.8 Å². The number of amides is 2. The van der Waals surface area contributed by atoms with E-state index in [4.69, 9.17) is 25.5 Å². The summed E-state index contributed by atoms with van der Waals surface area (Å²) in [6, 6.07) is 6.51. The van der Waals surface area contributed by atoms with Crippen LogP contribution < -0.4 is 20.1 Å². The van der Waals surface area contributed by atoms with Crippen molar-refractivity contribution in [1.82, 2.24) is 10.6 Å². The monoisotopic (exact) mass is 408 g/mol. The van der Waals surface area contributed by atoms with Gasteiger partial charge in [-0.2, -0.15) is 0 Å². The Balaban J connectivity index is 1.92. The molecule has 8 heteroatoms. The molecule has 1 aromatic heterocycles. The predicted molar refractivity (Wildman–Crippen MR) is 106 cm³/mol. The maximum absolute atomic E-state index is 12.4. The quantitative estimate of drug-likeness (QED) is 0.628. The van der Waals surface area contributed by atoms with Crippen molar-refractivity contribution in [3.63, 3.8) is 0 Å². The van der Waals surface area contributed by atoms with Crippen LogP contribution in [-0.4, -0.2) is 32.1 Å². The number of methoxy groups -OCH3 is 1. The van der Waals surface area contributed by atoms with E-state index in [2.05, 4.69) is 24.5 Å². The van der Waals surface area contributed by atoms with E-state index < -0.39 is 5.91 Å². The average Bonchev–Trinajstić information content (AvgIpc) is 3.18. The van der Waals surface area contributed by atoms with Crippen molar-refractivity contribution < 1.29 is 23.5 Å². The van der Waals surface area contributed by atoms with Gasteiger partial charge in [0.25, 0.3) is 5.91 Å². The largest absolute Gasteiger partial charge is 0.493 e. The average molecular weight is 409 g/mol. The van der Waals surface area contributed by atoms with Crippen LogP contribution in [0, 0.1) is 5.92 Å². The first-order valence-electron chi connectivity index (χ1n) is 8.98. The zero-order valence-corrected chi connectivity index (χ0v) is 17.0. The third kappa shape index (κ3) is 6.49. The molecule has 0 spiro atoms. The van der Waals surface area contributed by atoms with Crippen molar-refractivity contribution in [2.75, 3.05) is 20.3 Å². The van der Waals surface area contributed by atoms with Gasteiger partial charge in [0.2, 0.25) is 5.91 Å². The minimum Gasteiger partial charge on any atom is -0.493 e. The lowest BCUT2D eigenvalue weighted by atomic mass is 10.1. The molecule has 0 aliphatic heterocycles. The highest BCUT2D eigenvalue weighted by Gasteiger charge is 2.17. The molecule has 0 unspecified atom stereocenters. The smallest absolute Gasteiger partial charge is 0.251 e. The van der Waals surface area contributed by atoms with Gasteiger partial charge in [0.1, 0.15) is 5.76 Å². The second kappa shape index (κ2) is 10.6. The number of benzene rings is 1. The molecule has 0 atom stereocenters. The SMILES string of the molecule is COc1cc(C(=O)NCC(=O)NCc2ccco2)cc(Cl)c1OCCC(C)C. The van der Waals surface area contributed by atoms with Crippen LogP contribution in [0.4, 0.5) is 0 Å². The number of carbonyl (C=O) groups excluding carboxylic acids is 2. The van der Waals surface area contributed by atoms with Gasteiger partial charge in [-0.1, -0.05) is 25.4 Å². The first-order chi connectivity index (χ1) is 13.4. The Hall–Kier alpha value is -2.67. The molecule has 7 nitrogen and oxygen atoms in total. The Kier molecular flexibility index (Phi) is 8.19. The molecule has 1 heterocycles. The summed E-state index contributed by atoms with van der Waals surface area (Å²) in [4.78, 5) is 24.2. The van der Waals surface area contributed by atoms with Crippen LogP contribution in [0.3, 0.4) is 0 Å². The summed E-state index contributed by atoms with van der Waals surface area (Å²) in [6.07, 6.45) is 2.39. The predicted octanol–water partition coefficient (Wildman–Crippen LogP) is 3.41. The summed E-state index contributed by atoms with van der Waals surface area (Å²) in [5, 5.41) is 5.47. The van der Waals surface area contributed by atoms with Crippen molar-refractivity contribution in [3.8, 4) is 11.5 Å². The number of furan rings is 1. The summed E-state index contributed by atoms with van der Waals surface area (Å²) in [6.45, 7) is 4.77. The molecule has 0 saturated heterocycles. The number of nitrogens with one attached hydrogen (secondary N) is 2. The highest BCUT2D eigenvalue weighted by molar-refractivity contribution is 6.32. The van der Waals surface area contributed by atoms with Crippen LogP contribution in [0.2, 0.25) is 5.02 Å². The summed E-state index contributed by atoms with van der Waals surface area (Å²) < 4.78 is 16.1. The van der Waals surface area contributed by atoms with Gasteiger partial charge < -0.3 is 24.5 Å². The summed E-state index contributed by atoms with van der Waals surface area (Å²) in [5.41, 5.74) is 0.275. The van der Waals surface area contributed by atoms with E-state index in [0.29, 0.717) is 29.8 Å². The van der Waals surface area contributed by atoms with E-state index in [9.17, 15) is 9.59 Å². The summed E-state index contributed by atoms with van der Waals surface area (Å²) in [7, 11) is 1.48. The fourth-order valence-corrected chi connectivity index (χ4v) is 2.58. The van der Waals surface area contributed by atoms with Crippen LogP contribution in [0.15, 0.2) is 34.9 Å². The number of rotatable bonds is 10. The van der Waals surface area contributed by atoms with Crippen LogP contribution in [0.1, 0.15) is 36.4 Å². The summed E-state index contributed by atoms with van der Waals surface area (Å²) >= 11 is 6.27. The van der Waals surface area contributed by atoms with Crippen molar-refractivity contribution in [3.05, 3.63) is 46.9 Å². The van der Waals surface area contributed by atoms with Crippen LogP contribution in [-0.2, 0) is 11.3 Å². The second-order valence-electron chi connectivity index (χ2n) is 6.56. The Morgan fingerprint density at radius 3 is 2.68 bits per heavy atom. The van der Waals surface area contributed by atoms with E-state index in [1.165, 1.54) is 25.5 Å². The Labute approximate surface area is 169 Å². The van der Waals surface area contributed by atoms with Gasteiger partial charge in [-0.15, -0.1) is 0 Å². The van der Waals surface area contributed by atoms with E-state index >= 15 is 0 Å². The number of ether oxygens (including phenoxy) is 2. The molecule has 2 aromatic rings. The number of hydrogen-bond donors (Lipinski definition) is 2. The summed E-state index contributed by atoms with van der Waals surface area (Å²) in [5.74, 6) is 1.11. The van der Waals surface area contributed by atoms with Crippen molar-refractivity contribution >= 4 is 23.4 Å². The molecule has 0 bridgehead atoms. The number of hydrogen-bond acceptors (Lipinski definition) is 5. The van der Waals surface area contributed by atoms with Crippen LogP contribution in [0.5, 0.6) is 11.5 Å². The highest BCUT2D eigenvalue weighted by atomic mass is 35.5. The fourth-order valence-electron chi connectivity index (χ4n) is 2.31. The lowest BCUT2D eigenvalue weighted by Gasteiger charge is -2.15. The van der Waals surface area contributed by atoms with Crippen LogP contribution in [0.25, 0.3) is 0 Å². The van der Waals surface area contributed by atoms with E-state index in [-0.39, 0.29) is 29.6 Å². The van der Waals surface area contributed by atoms with Gasteiger partial charge in [-0.3, -0.25) is 9.59 Å². The molecule has 2 N–H and O–H groups in total. The lowest BCUT2D eigenvalue weighted by Crippen LogP contribution is -2.36. The normalized spacial score (nSPS) is 10.6. The molecule has 0 aliphatic carbocycles. The van der Waals surface area contributed by atoms with Crippen molar-refractivity contribution in [1.29, 1.82) is 0 Å². The Morgan fingerprint density at radius 2 is 2.04 bits per heavy atom. The van der Waals surface area contributed by atoms with E-state index in [1.54, 1.807) is 12.1 Å². The molecule has 0 saturated carbocycles. The number of carbonyl (C=O) groups is 2. The third-order valence-electron chi connectivity index (χ3n) is 3.88. The molecule has 0 radical (unpaired) electrons. The number of halogens is 1. The maximum Gasteiger partial charge on any atom is 0.251 e. The fraction of sp³-hybridized carbons (Fsp3) is 0.400. The minimum absolute atomic E-state index is 0.174. The molecule has 0 fully saturated rings. The van der Waals surface area contributed by atoms with Gasteiger partial charge in [0.15, 0.2) is 11.5 Å². The first-order valence-corrected chi connectivity index (χ1v) is 9.36. The van der Waals surface area contributed by atoms with E-state index in [0.717, 1.165) is 6.42 Å². The van der Waals surface area contributed by atoms with Crippen molar-refractivity contribution in [2.24, 2.45) is 5.92 Å². The molecule has 1 aromatic carbocycles. The molecule has 2 rings (SSSR count). The van der Waals surface area contributed by atoms with Gasteiger partial charge in [0.05, 0.1) is 38.1 Å². The lowest BCUT2D eigenvalue weighted by molar-refractivity contribution is -0.120. The molecule has 2 amide bonds. The van der Waals surface area contributed by atoms with Gasteiger partial charge in [-0.05, 0) is 36.6 Å². The third-order valence-corrected chi connectivity index (χ3v) is 4.16. The Bertz CT molecular complexity index is 790. The topological polar surface area (TPSA) is 89.8 Å². The van der Waals surface area contributed by atoms with Gasteiger partial charge >= 0.3 is 0 Å². The zero-order chi connectivity index (χ0) is 20.5. The first kappa shape index (κ1) is 21.6. The Morgan fingerprint density at radius 1 is 1.25 bits per heavy atom. The standard InChI is InChI=1S/C20H25ClN2O5/c1-13(2)6-8-28-19-16(21)9-14(10-17(19)26-3)20(25)23-12-18(24)22-11-15-5-4-7-27-15/h4-5,7,9-10,13H,6,8,11-12H2,1-3H3,(H,22,24)(H,23,25). The molecule has 28 heavy (non-hydrogen) atoms.